The summed E-state index contributed by atoms with van der Waals surface area (Å²) in [6.45, 7) is 0.0395. The van der Waals surface area contributed by atoms with Crippen LogP contribution in [0.5, 0.6) is 0 Å². The Hall–Kier alpha value is -0.0900. The van der Waals surface area contributed by atoms with Gasteiger partial charge in [-0.3, -0.25) is 0 Å². The molecule has 0 aliphatic rings. The van der Waals surface area contributed by atoms with E-state index < -0.39 is 0 Å². The lowest BCUT2D eigenvalue weighted by Gasteiger charge is -2.14. The molecular weight excluding hydrogens is 253 g/mol. The third-order valence-corrected chi connectivity index (χ3v) is 2.69. The summed E-state index contributed by atoms with van der Waals surface area (Å²) in [5.74, 6) is 0. The van der Waals surface area contributed by atoms with Gasteiger partial charge >= 0.3 is 0 Å². The Labute approximate surface area is 91.0 Å². The van der Waals surface area contributed by atoms with E-state index in [0.29, 0.717) is 5.02 Å². The molecule has 72 valence electrons. The van der Waals surface area contributed by atoms with Crippen LogP contribution < -0.4 is 5.32 Å². The first-order chi connectivity index (χ1) is 6.19. The normalized spacial score (nSPS) is 12.9. The summed E-state index contributed by atoms with van der Waals surface area (Å²) in [6, 6.07) is 5.52. The van der Waals surface area contributed by atoms with Gasteiger partial charge in [-0.05, 0) is 24.7 Å². The molecule has 1 rings (SSSR count). The molecule has 2 nitrogen and oxygen atoms in total. The average molecular weight is 265 g/mol. The minimum atomic E-state index is -0.0967. The highest BCUT2D eigenvalue weighted by molar-refractivity contribution is 9.10. The van der Waals surface area contributed by atoms with Crippen LogP contribution in [0.25, 0.3) is 0 Å². The predicted molar refractivity (Wildman–Crippen MR) is 58.0 cm³/mol. The van der Waals surface area contributed by atoms with Gasteiger partial charge < -0.3 is 10.4 Å². The van der Waals surface area contributed by atoms with Gasteiger partial charge in [0.1, 0.15) is 0 Å². The Balaban J connectivity index is 2.99. The molecule has 0 heterocycles. The largest absolute Gasteiger partial charge is 0.394 e. The highest BCUT2D eigenvalue weighted by atomic mass is 79.9. The van der Waals surface area contributed by atoms with Gasteiger partial charge in [0.15, 0.2) is 0 Å². The van der Waals surface area contributed by atoms with Crippen LogP contribution in [0.2, 0.25) is 5.02 Å². The summed E-state index contributed by atoms with van der Waals surface area (Å²) in [4.78, 5) is 0. The van der Waals surface area contributed by atoms with Crippen LogP contribution in [0.4, 0.5) is 0 Å². The van der Waals surface area contributed by atoms with Gasteiger partial charge in [-0.15, -0.1) is 0 Å². The lowest BCUT2D eigenvalue weighted by Crippen LogP contribution is -2.20. The molecular formula is C9H11BrClNO. The van der Waals surface area contributed by atoms with Gasteiger partial charge in [0, 0.05) is 9.50 Å². The quantitative estimate of drug-likeness (QED) is 0.878. The van der Waals surface area contributed by atoms with E-state index in [2.05, 4.69) is 21.2 Å². The minimum absolute atomic E-state index is 0.0395. The summed E-state index contributed by atoms with van der Waals surface area (Å²) >= 11 is 9.32. The van der Waals surface area contributed by atoms with Gasteiger partial charge in [0.25, 0.3) is 0 Å². The molecule has 0 saturated carbocycles. The SMILES string of the molecule is CN[C@H](CO)c1ccc(Br)cc1Cl. The monoisotopic (exact) mass is 263 g/mol. The van der Waals surface area contributed by atoms with Gasteiger partial charge in [0.2, 0.25) is 0 Å². The number of aliphatic hydroxyl groups is 1. The van der Waals surface area contributed by atoms with Crippen molar-refractivity contribution < 1.29 is 5.11 Å². The van der Waals surface area contributed by atoms with Crippen LogP contribution in [0.1, 0.15) is 11.6 Å². The van der Waals surface area contributed by atoms with Gasteiger partial charge in [-0.1, -0.05) is 33.6 Å². The second-order valence-electron chi connectivity index (χ2n) is 2.69. The highest BCUT2D eigenvalue weighted by Crippen LogP contribution is 2.25. The zero-order valence-electron chi connectivity index (χ0n) is 7.22. The summed E-state index contributed by atoms with van der Waals surface area (Å²) in [7, 11) is 1.79. The molecule has 0 saturated heterocycles. The van der Waals surface area contributed by atoms with E-state index in [1.807, 2.05) is 18.2 Å². The molecule has 2 N–H and O–H groups in total. The smallest absolute Gasteiger partial charge is 0.0626 e. The number of nitrogens with one attached hydrogen (secondary N) is 1. The first-order valence-electron chi connectivity index (χ1n) is 3.92. The van der Waals surface area contributed by atoms with E-state index in [-0.39, 0.29) is 12.6 Å². The third-order valence-electron chi connectivity index (χ3n) is 1.87. The Morgan fingerprint density at radius 2 is 2.31 bits per heavy atom. The summed E-state index contributed by atoms with van der Waals surface area (Å²) in [5, 5.41) is 12.7. The molecule has 0 bridgehead atoms. The maximum atomic E-state index is 9.04. The van der Waals surface area contributed by atoms with E-state index in [1.165, 1.54) is 0 Å². The van der Waals surface area contributed by atoms with Crippen molar-refractivity contribution >= 4 is 27.5 Å². The summed E-state index contributed by atoms with van der Waals surface area (Å²) in [5.41, 5.74) is 0.912. The molecule has 0 radical (unpaired) electrons. The van der Waals surface area contributed by atoms with Crippen LogP contribution in [-0.2, 0) is 0 Å². The van der Waals surface area contributed by atoms with Crippen molar-refractivity contribution in [1.82, 2.24) is 5.32 Å². The van der Waals surface area contributed by atoms with Gasteiger partial charge in [-0.25, -0.2) is 0 Å². The van der Waals surface area contributed by atoms with Crippen molar-refractivity contribution in [2.75, 3.05) is 13.7 Å². The molecule has 1 aromatic carbocycles. The third kappa shape index (κ3) is 2.68. The lowest BCUT2D eigenvalue weighted by molar-refractivity contribution is 0.251. The van der Waals surface area contributed by atoms with E-state index in [0.717, 1.165) is 10.0 Å². The fourth-order valence-electron chi connectivity index (χ4n) is 1.13. The topological polar surface area (TPSA) is 32.3 Å². The number of benzene rings is 1. The van der Waals surface area contributed by atoms with Crippen LogP contribution in [0, 0.1) is 0 Å². The summed E-state index contributed by atoms with van der Waals surface area (Å²) in [6.07, 6.45) is 0. The molecule has 1 atom stereocenters. The maximum Gasteiger partial charge on any atom is 0.0626 e. The Kier molecular flexibility index (Phi) is 4.19. The number of aliphatic hydroxyl groups excluding tert-OH is 1. The summed E-state index contributed by atoms with van der Waals surface area (Å²) < 4.78 is 0.939. The first kappa shape index (κ1) is 11.0. The predicted octanol–water partition coefficient (Wildman–Crippen LogP) is 2.36. The van der Waals surface area contributed by atoms with Crippen molar-refractivity contribution in [3.63, 3.8) is 0 Å². The molecule has 0 amide bonds. The molecule has 1 aromatic rings. The minimum Gasteiger partial charge on any atom is -0.394 e. The fraction of sp³-hybridized carbons (Fsp3) is 0.333. The zero-order valence-corrected chi connectivity index (χ0v) is 9.56. The Morgan fingerprint density at radius 1 is 1.62 bits per heavy atom. The van der Waals surface area contributed by atoms with Gasteiger partial charge in [0.05, 0.1) is 12.6 Å². The number of likely N-dealkylation sites (N-methyl/N-ethyl adjacent to an activating group) is 1. The molecule has 13 heavy (non-hydrogen) atoms. The second kappa shape index (κ2) is 4.96. The fourth-order valence-corrected chi connectivity index (χ4v) is 1.93. The maximum absolute atomic E-state index is 9.04. The second-order valence-corrected chi connectivity index (χ2v) is 4.01. The molecule has 0 unspecified atom stereocenters. The van der Waals surface area contributed by atoms with Crippen molar-refractivity contribution in [2.45, 2.75) is 6.04 Å². The van der Waals surface area contributed by atoms with E-state index in [4.69, 9.17) is 16.7 Å². The van der Waals surface area contributed by atoms with Crippen molar-refractivity contribution in [3.8, 4) is 0 Å². The van der Waals surface area contributed by atoms with Crippen LogP contribution in [0.3, 0.4) is 0 Å². The lowest BCUT2D eigenvalue weighted by atomic mass is 10.1. The number of hydrogen-bond acceptors (Lipinski definition) is 2. The average Bonchev–Trinajstić information content (AvgIpc) is 2.10. The van der Waals surface area contributed by atoms with Crippen LogP contribution >= 0.6 is 27.5 Å². The Morgan fingerprint density at radius 3 is 2.77 bits per heavy atom. The van der Waals surface area contributed by atoms with Crippen LogP contribution in [-0.4, -0.2) is 18.8 Å². The van der Waals surface area contributed by atoms with Crippen LogP contribution in [0.15, 0.2) is 22.7 Å². The molecule has 0 fully saturated rings. The number of hydrogen-bond donors (Lipinski definition) is 2. The Bertz CT molecular complexity index is 289. The van der Waals surface area contributed by atoms with Gasteiger partial charge in [-0.2, -0.15) is 0 Å². The molecule has 0 spiro atoms. The molecule has 0 aliphatic carbocycles. The molecule has 4 heteroatoms. The standard InChI is InChI=1S/C9H11BrClNO/c1-12-9(5-13)7-3-2-6(10)4-8(7)11/h2-4,9,12-13H,5H2,1H3/t9-/m1/s1. The number of rotatable bonds is 3. The van der Waals surface area contributed by atoms with Crippen molar-refractivity contribution in [3.05, 3.63) is 33.3 Å². The molecule has 0 aromatic heterocycles. The number of halogens is 2. The zero-order chi connectivity index (χ0) is 9.84. The van der Waals surface area contributed by atoms with E-state index in [9.17, 15) is 0 Å². The van der Waals surface area contributed by atoms with E-state index >= 15 is 0 Å². The highest BCUT2D eigenvalue weighted by Gasteiger charge is 2.11. The van der Waals surface area contributed by atoms with Crippen molar-refractivity contribution in [1.29, 1.82) is 0 Å². The molecule has 0 aliphatic heterocycles. The van der Waals surface area contributed by atoms with E-state index in [1.54, 1.807) is 7.05 Å². The first-order valence-corrected chi connectivity index (χ1v) is 5.09. The van der Waals surface area contributed by atoms with Crippen molar-refractivity contribution in [2.24, 2.45) is 0 Å².